The smallest absolute Gasteiger partial charge is 0.164 e. The van der Waals surface area contributed by atoms with Gasteiger partial charge in [0.1, 0.15) is 0 Å². The van der Waals surface area contributed by atoms with Crippen LogP contribution in [0.15, 0.2) is 6.07 Å². The highest BCUT2D eigenvalue weighted by Crippen LogP contribution is 2.39. The first-order valence-electron chi connectivity index (χ1n) is 6.15. The number of fused-ring (bicyclic) bond motifs is 1. The van der Waals surface area contributed by atoms with Gasteiger partial charge in [-0.3, -0.25) is 4.90 Å². The van der Waals surface area contributed by atoms with Crippen molar-refractivity contribution in [2.45, 2.75) is 13.0 Å². The first-order chi connectivity index (χ1) is 8.71. The third kappa shape index (κ3) is 2.23. The molecule has 2 rings (SSSR count). The summed E-state index contributed by atoms with van der Waals surface area (Å²) in [6.07, 6.45) is 0.917. The van der Waals surface area contributed by atoms with Crippen molar-refractivity contribution >= 4 is 5.69 Å². The molecule has 0 aromatic heterocycles. The van der Waals surface area contributed by atoms with E-state index in [1.165, 1.54) is 5.56 Å². The molecule has 1 aromatic rings. The van der Waals surface area contributed by atoms with Crippen LogP contribution >= 0.6 is 0 Å². The molecule has 0 amide bonds. The Kier molecular flexibility index (Phi) is 3.93. The number of anilines is 1. The summed E-state index contributed by atoms with van der Waals surface area (Å²) in [4.78, 5) is 2.31. The van der Waals surface area contributed by atoms with E-state index in [1.54, 1.807) is 14.2 Å². The zero-order valence-electron chi connectivity index (χ0n) is 11.0. The van der Waals surface area contributed by atoms with Crippen LogP contribution in [0.3, 0.4) is 0 Å². The van der Waals surface area contributed by atoms with Crippen LogP contribution in [0, 0.1) is 0 Å². The van der Waals surface area contributed by atoms with E-state index in [-0.39, 0.29) is 0 Å². The maximum atomic E-state index is 6.11. The van der Waals surface area contributed by atoms with Crippen LogP contribution in [0.2, 0.25) is 0 Å². The van der Waals surface area contributed by atoms with Crippen LogP contribution in [0.5, 0.6) is 11.5 Å². The lowest BCUT2D eigenvalue weighted by Gasteiger charge is -2.30. The zero-order valence-corrected chi connectivity index (χ0v) is 11.0. The van der Waals surface area contributed by atoms with E-state index < -0.39 is 0 Å². The molecule has 0 fully saturated rings. The van der Waals surface area contributed by atoms with E-state index in [4.69, 9.17) is 20.9 Å². The van der Waals surface area contributed by atoms with Crippen molar-refractivity contribution < 1.29 is 9.47 Å². The molecular formula is C13H21N3O2. The summed E-state index contributed by atoms with van der Waals surface area (Å²) >= 11 is 0. The zero-order chi connectivity index (χ0) is 13.1. The van der Waals surface area contributed by atoms with Gasteiger partial charge in [-0.1, -0.05) is 0 Å². The lowest BCUT2D eigenvalue weighted by atomic mass is 9.96. The minimum absolute atomic E-state index is 0.669. The predicted molar refractivity (Wildman–Crippen MR) is 72.0 cm³/mol. The van der Waals surface area contributed by atoms with E-state index in [0.29, 0.717) is 12.3 Å². The van der Waals surface area contributed by atoms with Crippen molar-refractivity contribution in [3.05, 3.63) is 17.2 Å². The van der Waals surface area contributed by atoms with Crippen molar-refractivity contribution in [1.29, 1.82) is 0 Å². The fourth-order valence-electron chi connectivity index (χ4n) is 2.53. The molecule has 0 unspecified atom stereocenters. The normalized spacial score (nSPS) is 15.3. The van der Waals surface area contributed by atoms with Crippen LogP contribution < -0.4 is 20.9 Å². The molecule has 0 bridgehead atoms. The molecule has 1 heterocycles. The SMILES string of the molecule is COc1cc(N)c2c(c1OC)CCN(CCN)C2. The average Bonchev–Trinajstić information content (AvgIpc) is 2.39. The standard InChI is InChI=1S/C13H21N3O2/c1-17-12-7-11(15)10-8-16(6-4-14)5-3-9(10)13(12)18-2/h7H,3-6,8,14-15H2,1-2H3. The van der Waals surface area contributed by atoms with Gasteiger partial charge in [-0.05, 0) is 12.0 Å². The van der Waals surface area contributed by atoms with Gasteiger partial charge in [0.05, 0.1) is 14.2 Å². The monoisotopic (exact) mass is 251 g/mol. The highest BCUT2D eigenvalue weighted by Gasteiger charge is 2.24. The number of methoxy groups -OCH3 is 2. The Morgan fingerprint density at radius 2 is 2.06 bits per heavy atom. The molecule has 1 aliphatic heterocycles. The molecule has 4 N–H and O–H groups in total. The Labute approximate surface area is 108 Å². The van der Waals surface area contributed by atoms with E-state index >= 15 is 0 Å². The first-order valence-corrected chi connectivity index (χ1v) is 6.15. The number of hydrogen-bond acceptors (Lipinski definition) is 5. The third-order valence-electron chi connectivity index (χ3n) is 3.43. The van der Waals surface area contributed by atoms with E-state index in [2.05, 4.69) is 4.90 Å². The van der Waals surface area contributed by atoms with Gasteiger partial charge in [-0.15, -0.1) is 0 Å². The molecule has 0 saturated heterocycles. The van der Waals surface area contributed by atoms with Gasteiger partial charge in [0.25, 0.3) is 0 Å². The molecule has 18 heavy (non-hydrogen) atoms. The molecule has 5 nitrogen and oxygen atoms in total. The van der Waals surface area contributed by atoms with Gasteiger partial charge >= 0.3 is 0 Å². The molecule has 100 valence electrons. The quantitative estimate of drug-likeness (QED) is 0.767. The molecule has 1 aromatic carbocycles. The molecule has 0 atom stereocenters. The second-order valence-corrected chi connectivity index (χ2v) is 4.47. The topological polar surface area (TPSA) is 73.7 Å². The molecule has 0 saturated carbocycles. The number of nitrogens with zero attached hydrogens (tertiary/aromatic N) is 1. The summed E-state index contributed by atoms with van der Waals surface area (Å²) in [5, 5.41) is 0. The number of nitrogen functional groups attached to an aromatic ring is 1. The van der Waals surface area contributed by atoms with Crippen molar-refractivity contribution in [3.8, 4) is 11.5 Å². The van der Waals surface area contributed by atoms with Crippen molar-refractivity contribution in [3.63, 3.8) is 0 Å². The number of hydrogen-bond donors (Lipinski definition) is 2. The summed E-state index contributed by atoms with van der Waals surface area (Å²) < 4.78 is 10.8. The summed E-state index contributed by atoms with van der Waals surface area (Å²) in [6, 6.07) is 1.84. The molecule has 0 aliphatic carbocycles. The highest BCUT2D eigenvalue weighted by atomic mass is 16.5. The largest absolute Gasteiger partial charge is 0.493 e. The Hall–Kier alpha value is -1.46. The lowest BCUT2D eigenvalue weighted by Crippen LogP contribution is -2.35. The Morgan fingerprint density at radius 1 is 1.28 bits per heavy atom. The Balaban J connectivity index is 2.40. The molecule has 0 spiro atoms. The van der Waals surface area contributed by atoms with Gasteiger partial charge in [-0.25, -0.2) is 0 Å². The first kappa shape index (κ1) is 13.0. The third-order valence-corrected chi connectivity index (χ3v) is 3.43. The minimum Gasteiger partial charge on any atom is -0.493 e. The summed E-state index contributed by atoms with van der Waals surface area (Å²) in [5.41, 5.74) is 14.8. The molecule has 0 radical (unpaired) electrons. The number of rotatable bonds is 4. The second kappa shape index (κ2) is 5.46. The number of ether oxygens (including phenoxy) is 2. The number of benzene rings is 1. The second-order valence-electron chi connectivity index (χ2n) is 4.47. The molecule has 5 heteroatoms. The van der Waals surface area contributed by atoms with Crippen molar-refractivity contribution in [1.82, 2.24) is 4.90 Å². The summed E-state index contributed by atoms with van der Waals surface area (Å²) in [7, 11) is 3.30. The summed E-state index contributed by atoms with van der Waals surface area (Å²) in [6.45, 7) is 3.38. The maximum Gasteiger partial charge on any atom is 0.164 e. The van der Waals surface area contributed by atoms with Crippen molar-refractivity contribution in [2.75, 3.05) is 39.6 Å². The van der Waals surface area contributed by atoms with Crippen LogP contribution in [0.1, 0.15) is 11.1 Å². The van der Waals surface area contributed by atoms with Gasteiger partial charge in [0, 0.05) is 43.5 Å². The number of nitrogens with two attached hydrogens (primary N) is 2. The van der Waals surface area contributed by atoms with Gasteiger partial charge in [-0.2, -0.15) is 0 Å². The highest BCUT2D eigenvalue weighted by molar-refractivity contribution is 5.64. The predicted octanol–water partition coefficient (Wildman–Crippen LogP) is 0.603. The van der Waals surface area contributed by atoms with Gasteiger partial charge in [0.2, 0.25) is 0 Å². The maximum absolute atomic E-state index is 6.11. The Morgan fingerprint density at radius 3 is 2.67 bits per heavy atom. The summed E-state index contributed by atoms with van der Waals surface area (Å²) in [5.74, 6) is 1.52. The Bertz CT molecular complexity index is 435. The molecular weight excluding hydrogens is 230 g/mol. The van der Waals surface area contributed by atoms with Crippen LogP contribution in [0.25, 0.3) is 0 Å². The van der Waals surface area contributed by atoms with Crippen LogP contribution in [-0.2, 0) is 13.0 Å². The van der Waals surface area contributed by atoms with Crippen molar-refractivity contribution in [2.24, 2.45) is 5.73 Å². The molecule has 1 aliphatic rings. The minimum atomic E-state index is 0.669. The average molecular weight is 251 g/mol. The fraction of sp³-hybridized carbons (Fsp3) is 0.538. The van der Waals surface area contributed by atoms with Crippen LogP contribution in [-0.4, -0.2) is 38.8 Å². The van der Waals surface area contributed by atoms with Gasteiger partial charge < -0.3 is 20.9 Å². The van der Waals surface area contributed by atoms with E-state index in [9.17, 15) is 0 Å². The van der Waals surface area contributed by atoms with E-state index in [0.717, 1.165) is 43.1 Å². The van der Waals surface area contributed by atoms with E-state index in [1.807, 2.05) is 6.07 Å². The lowest BCUT2D eigenvalue weighted by molar-refractivity contribution is 0.257. The van der Waals surface area contributed by atoms with Gasteiger partial charge in [0.15, 0.2) is 11.5 Å². The fourth-order valence-corrected chi connectivity index (χ4v) is 2.53. The van der Waals surface area contributed by atoms with Crippen LogP contribution in [0.4, 0.5) is 5.69 Å².